The lowest BCUT2D eigenvalue weighted by Gasteiger charge is -2.17. The van der Waals surface area contributed by atoms with Crippen LogP contribution < -0.4 is 9.64 Å². The minimum Gasteiger partial charge on any atom is -0.487 e. The van der Waals surface area contributed by atoms with Gasteiger partial charge in [-0.3, -0.25) is 14.9 Å². The first-order chi connectivity index (χ1) is 8.95. The van der Waals surface area contributed by atoms with E-state index in [9.17, 15) is 14.9 Å². The van der Waals surface area contributed by atoms with Crippen LogP contribution in [0.2, 0.25) is 0 Å². The van der Waals surface area contributed by atoms with Gasteiger partial charge in [0.1, 0.15) is 6.54 Å². The number of benzene rings is 1. The molecular weight excluding hydrogens is 252 g/mol. The summed E-state index contributed by atoms with van der Waals surface area (Å²) in [6.07, 6.45) is 0.729. The maximum Gasteiger partial charge on any atom is 0.323 e. The number of anilines is 1. The van der Waals surface area contributed by atoms with Crippen molar-refractivity contribution in [3.05, 3.63) is 28.3 Å². The number of aliphatic carboxylic acids is 1. The van der Waals surface area contributed by atoms with E-state index in [1.807, 2.05) is 6.92 Å². The van der Waals surface area contributed by atoms with E-state index in [0.717, 1.165) is 6.42 Å². The standard InChI is InChI=1S/C12H16N2O5/c1-3-6-19-11-7-9(13(2)8-12(15)16)4-5-10(11)14(17)18/h4-5,7H,3,6,8H2,1-2H3,(H,15,16). The second-order valence-corrected chi connectivity index (χ2v) is 4.01. The maximum absolute atomic E-state index is 10.9. The summed E-state index contributed by atoms with van der Waals surface area (Å²) in [5.41, 5.74) is 0.431. The molecule has 0 amide bonds. The minimum absolute atomic E-state index is 0.124. The zero-order valence-electron chi connectivity index (χ0n) is 10.8. The van der Waals surface area contributed by atoms with Crippen LogP contribution in [-0.4, -0.2) is 36.2 Å². The maximum atomic E-state index is 10.9. The highest BCUT2D eigenvalue weighted by molar-refractivity contribution is 5.74. The van der Waals surface area contributed by atoms with Crippen molar-refractivity contribution in [2.45, 2.75) is 13.3 Å². The lowest BCUT2D eigenvalue weighted by atomic mass is 10.2. The fraction of sp³-hybridized carbons (Fsp3) is 0.417. The van der Waals surface area contributed by atoms with E-state index in [-0.39, 0.29) is 18.0 Å². The molecule has 104 valence electrons. The molecule has 7 nitrogen and oxygen atoms in total. The molecule has 1 rings (SSSR count). The van der Waals surface area contributed by atoms with Crippen molar-refractivity contribution in [3.8, 4) is 5.75 Å². The van der Waals surface area contributed by atoms with Crippen molar-refractivity contribution in [3.63, 3.8) is 0 Å². The smallest absolute Gasteiger partial charge is 0.323 e. The third-order valence-corrected chi connectivity index (χ3v) is 2.41. The fourth-order valence-electron chi connectivity index (χ4n) is 1.51. The highest BCUT2D eigenvalue weighted by atomic mass is 16.6. The number of carboxylic acids is 1. The predicted molar refractivity (Wildman–Crippen MR) is 69.8 cm³/mol. The van der Waals surface area contributed by atoms with E-state index >= 15 is 0 Å². The van der Waals surface area contributed by atoms with Gasteiger partial charge in [0.05, 0.1) is 11.5 Å². The number of likely N-dealkylation sites (N-methyl/N-ethyl adjacent to an activating group) is 1. The van der Waals surface area contributed by atoms with E-state index in [0.29, 0.717) is 12.3 Å². The number of nitro groups is 1. The van der Waals surface area contributed by atoms with Gasteiger partial charge in [0.15, 0.2) is 5.75 Å². The van der Waals surface area contributed by atoms with Gasteiger partial charge in [-0.05, 0) is 12.5 Å². The van der Waals surface area contributed by atoms with Crippen LogP contribution in [0.4, 0.5) is 11.4 Å². The average molecular weight is 268 g/mol. The number of nitrogens with zero attached hydrogens (tertiary/aromatic N) is 2. The molecule has 0 radical (unpaired) electrons. The van der Waals surface area contributed by atoms with E-state index in [4.69, 9.17) is 9.84 Å². The van der Waals surface area contributed by atoms with Gasteiger partial charge >= 0.3 is 11.7 Å². The van der Waals surface area contributed by atoms with Crippen molar-refractivity contribution in [2.24, 2.45) is 0 Å². The third kappa shape index (κ3) is 4.13. The van der Waals surface area contributed by atoms with Crippen molar-refractivity contribution >= 4 is 17.3 Å². The predicted octanol–water partition coefficient (Wildman–Crippen LogP) is 1.90. The molecule has 19 heavy (non-hydrogen) atoms. The Labute approximate surface area is 110 Å². The molecule has 0 heterocycles. The van der Waals surface area contributed by atoms with Gasteiger partial charge in [0.2, 0.25) is 0 Å². The van der Waals surface area contributed by atoms with Crippen LogP contribution in [0.15, 0.2) is 18.2 Å². The molecule has 0 saturated carbocycles. The number of nitro benzene ring substituents is 1. The van der Waals surface area contributed by atoms with E-state index in [1.165, 1.54) is 23.1 Å². The molecule has 0 bridgehead atoms. The Kier molecular flexibility index (Phi) is 5.11. The molecule has 0 spiro atoms. The number of carbonyl (C=O) groups is 1. The SMILES string of the molecule is CCCOc1cc(N(C)CC(=O)O)ccc1[N+](=O)[O-]. The molecular formula is C12H16N2O5. The van der Waals surface area contributed by atoms with Gasteiger partial charge in [-0.1, -0.05) is 6.92 Å². The van der Waals surface area contributed by atoms with Gasteiger partial charge < -0.3 is 14.7 Å². The lowest BCUT2D eigenvalue weighted by molar-refractivity contribution is -0.385. The molecule has 1 N–H and O–H groups in total. The van der Waals surface area contributed by atoms with Gasteiger partial charge in [-0.15, -0.1) is 0 Å². The summed E-state index contributed by atoms with van der Waals surface area (Å²) in [6.45, 7) is 2.07. The molecule has 0 aliphatic carbocycles. The molecule has 0 saturated heterocycles. The molecule has 0 unspecified atom stereocenters. The summed E-state index contributed by atoms with van der Waals surface area (Å²) in [6, 6.07) is 4.30. The summed E-state index contributed by atoms with van der Waals surface area (Å²) < 4.78 is 5.33. The van der Waals surface area contributed by atoms with Gasteiger partial charge in [-0.25, -0.2) is 0 Å². The summed E-state index contributed by atoms with van der Waals surface area (Å²) in [7, 11) is 1.60. The van der Waals surface area contributed by atoms with Crippen LogP contribution in [0.3, 0.4) is 0 Å². The fourth-order valence-corrected chi connectivity index (χ4v) is 1.51. The minimum atomic E-state index is -0.975. The summed E-state index contributed by atoms with van der Waals surface area (Å²) in [5, 5.41) is 19.6. The number of hydrogen-bond acceptors (Lipinski definition) is 5. The Morgan fingerprint density at radius 2 is 2.21 bits per heavy atom. The summed E-state index contributed by atoms with van der Waals surface area (Å²) >= 11 is 0. The van der Waals surface area contributed by atoms with E-state index in [2.05, 4.69) is 0 Å². The van der Waals surface area contributed by atoms with Crippen LogP contribution in [-0.2, 0) is 4.79 Å². The molecule has 0 atom stereocenters. The quantitative estimate of drug-likeness (QED) is 0.599. The monoisotopic (exact) mass is 268 g/mol. The van der Waals surface area contributed by atoms with Gasteiger partial charge in [0, 0.05) is 24.9 Å². The molecule has 0 aliphatic heterocycles. The summed E-state index contributed by atoms with van der Waals surface area (Å²) in [5.74, 6) is -0.821. The Hall–Kier alpha value is -2.31. The van der Waals surface area contributed by atoms with Crippen LogP contribution >= 0.6 is 0 Å². The van der Waals surface area contributed by atoms with Crippen molar-refractivity contribution in [1.82, 2.24) is 0 Å². The van der Waals surface area contributed by atoms with Gasteiger partial charge in [0.25, 0.3) is 0 Å². The summed E-state index contributed by atoms with van der Waals surface area (Å²) in [4.78, 5) is 22.5. The molecule has 0 aromatic heterocycles. The molecule has 0 fully saturated rings. The second-order valence-electron chi connectivity index (χ2n) is 4.01. The first-order valence-electron chi connectivity index (χ1n) is 5.80. The molecule has 1 aromatic rings. The zero-order chi connectivity index (χ0) is 14.4. The van der Waals surface area contributed by atoms with Crippen molar-refractivity contribution in [2.75, 3.05) is 25.1 Å². The molecule has 7 heteroatoms. The van der Waals surface area contributed by atoms with Crippen LogP contribution in [0, 0.1) is 10.1 Å². The Morgan fingerprint density at radius 1 is 1.53 bits per heavy atom. The lowest BCUT2D eigenvalue weighted by Crippen LogP contribution is -2.25. The van der Waals surface area contributed by atoms with E-state index in [1.54, 1.807) is 7.05 Å². The average Bonchev–Trinajstić information content (AvgIpc) is 2.34. The third-order valence-electron chi connectivity index (χ3n) is 2.41. The molecule has 1 aromatic carbocycles. The number of hydrogen-bond donors (Lipinski definition) is 1. The first kappa shape index (κ1) is 14.7. The van der Waals surface area contributed by atoms with Gasteiger partial charge in [-0.2, -0.15) is 0 Å². The highest BCUT2D eigenvalue weighted by Gasteiger charge is 2.17. The van der Waals surface area contributed by atoms with Crippen LogP contribution in [0.25, 0.3) is 0 Å². The number of ether oxygens (including phenoxy) is 1. The number of carboxylic acid groups (broad SMARTS) is 1. The van der Waals surface area contributed by atoms with Crippen LogP contribution in [0.1, 0.15) is 13.3 Å². The Morgan fingerprint density at radius 3 is 2.74 bits per heavy atom. The van der Waals surface area contributed by atoms with Crippen LogP contribution in [0.5, 0.6) is 5.75 Å². The Balaban J connectivity index is 3.02. The van der Waals surface area contributed by atoms with Crippen molar-refractivity contribution in [1.29, 1.82) is 0 Å². The van der Waals surface area contributed by atoms with Crippen molar-refractivity contribution < 1.29 is 19.6 Å². The molecule has 0 aliphatic rings. The highest BCUT2D eigenvalue weighted by Crippen LogP contribution is 2.31. The normalized spacial score (nSPS) is 10.0. The largest absolute Gasteiger partial charge is 0.487 e. The Bertz CT molecular complexity index is 475. The second kappa shape index (κ2) is 6.58. The topological polar surface area (TPSA) is 92.9 Å². The number of rotatable bonds is 7. The first-order valence-corrected chi connectivity index (χ1v) is 5.80. The zero-order valence-corrected chi connectivity index (χ0v) is 10.8. The van der Waals surface area contributed by atoms with E-state index < -0.39 is 10.9 Å².